The number of piperazine rings is 1. The molecule has 1 fully saturated rings. The molecule has 0 radical (unpaired) electrons. The number of H-pyrrole nitrogens is 1. The molecule has 3 rings (SSSR count). The van der Waals surface area contributed by atoms with Crippen LogP contribution in [-0.4, -0.2) is 58.1 Å². The largest absolute Gasteiger partial charge is 0.496 e. The van der Waals surface area contributed by atoms with Crippen molar-refractivity contribution in [2.75, 3.05) is 20.2 Å². The molecule has 2 heterocycles. The summed E-state index contributed by atoms with van der Waals surface area (Å²) in [5.74, 6) is 1.62. The van der Waals surface area contributed by atoms with Crippen LogP contribution in [0.25, 0.3) is 0 Å². The molecule has 9 nitrogen and oxygen atoms in total. The molecule has 27 heavy (non-hydrogen) atoms. The molecule has 0 bridgehead atoms. The van der Waals surface area contributed by atoms with Crippen molar-refractivity contribution >= 4 is 11.8 Å². The lowest BCUT2D eigenvalue weighted by Crippen LogP contribution is -2.56. The molecule has 144 valence electrons. The van der Waals surface area contributed by atoms with Gasteiger partial charge in [0.2, 0.25) is 11.8 Å². The van der Waals surface area contributed by atoms with Crippen molar-refractivity contribution in [2.24, 2.45) is 0 Å². The number of benzene rings is 1. The summed E-state index contributed by atoms with van der Waals surface area (Å²) in [5, 5.41) is 12.3. The Morgan fingerprint density at radius 1 is 1.41 bits per heavy atom. The summed E-state index contributed by atoms with van der Waals surface area (Å²) < 4.78 is 5.40. The average molecular weight is 372 g/mol. The van der Waals surface area contributed by atoms with E-state index in [9.17, 15) is 9.59 Å². The van der Waals surface area contributed by atoms with Crippen LogP contribution in [0.3, 0.4) is 0 Å². The van der Waals surface area contributed by atoms with Crippen LogP contribution in [0.15, 0.2) is 24.3 Å². The molecule has 9 heteroatoms. The third-order valence-electron chi connectivity index (χ3n) is 4.47. The van der Waals surface area contributed by atoms with Crippen molar-refractivity contribution in [1.82, 2.24) is 30.7 Å². The normalized spacial score (nSPS) is 17.4. The van der Waals surface area contributed by atoms with Crippen molar-refractivity contribution in [3.63, 3.8) is 0 Å². The maximum Gasteiger partial charge on any atom is 0.237 e. The highest BCUT2D eigenvalue weighted by Crippen LogP contribution is 2.21. The second-order valence-corrected chi connectivity index (χ2v) is 6.41. The first-order chi connectivity index (χ1) is 13.1. The number of carbonyl (C=O) groups is 2. The maximum absolute atomic E-state index is 12.4. The monoisotopic (exact) mass is 372 g/mol. The second-order valence-electron chi connectivity index (χ2n) is 6.41. The molecule has 2 amide bonds. The zero-order valence-electron chi connectivity index (χ0n) is 15.5. The zero-order chi connectivity index (χ0) is 19.2. The van der Waals surface area contributed by atoms with E-state index in [-0.39, 0.29) is 24.8 Å². The fourth-order valence-corrected chi connectivity index (χ4v) is 3.12. The molecule has 1 saturated heterocycles. The predicted molar refractivity (Wildman–Crippen MR) is 97.8 cm³/mol. The van der Waals surface area contributed by atoms with Gasteiger partial charge >= 0.3 is 0 Å². The molecule has 1 aromatic carbocycles. The Kier molecular flexibility index (Phi) is 6.02. The van der Waals surface area contributed by atoms with Crippen molar-refractivity contribution in [1.29, 1.82) is 0 Å². The first-order valence-corrected chi connectivity index (χ1v) is 8.85. The summed E-state index contributed by atoms with van der Waals surface area (Å²) in [6.45, 7) is 3.78. The van der Waals surface area contributed by atoms with Gasteiger partial charge in [-0.15, -0.1) is 0 Å². The summed E-state index contributed by atoms with van der Waals surface area (Å²) in [6.07, 6.45) is 0.0738. The van der Waals surface area contributed by atoms with Crippen LogP contribution < -0.4 is 15.4 Å². The molecule has 1 atom stereocenters. The number of aromatic nitrogens is 3. The molecular formula is C18H24N6O3. The highest BCUT2D eigenvalue weighted by molar-refractivity contribution is 5.88. The molecule has 1 aromatic heterocycles. The molecule has 1 aliphatic rings. The Morgan fingerprint density at radius 2 is 2.22 bits per heavy atom. The number of aryl methyl sites for hydroxylation is 1. The first-order valence-electron chi connectivity index (χ1n) is 8.85. The highest BCUT2D eigenvalue weighted by Gasteiger charge is 2.32. The Hall–Kier alpha value is -2.94. The third kappa shape index (κ3) is 4.82. The number of nitrogens with zero attached hydrogens (tertiary/aromatic N) is 3. The first kappa shape index (κ1) is 18.8. The van der Waals surface area contributed by atoms with E-state index in [2.05, 4.69) is 25.8 Å². The molecule has 0 saturated carbocycles. The van der Waals surface area contributed by atoms with Gasteiger partial charge in [-0.3, -0.25) is 19.6 Å². The van der Waals surface area contributed by atoms with Crippen molar-refractivity contribution in [3.05, 3.63) is 41.5 Å². The summed E-state index contributed by atoms with van der Waals surface area (Å²) >= 11 is 0. The fraction of sp³-hybridized carbons (Fsp3) is 0.444. The smallest absolute Gasteiger partial charge is 0.237 e. The lowest BCUT2D eigenvalue weighted by atomic mass is 10.1. The van der Waals surface area contributed by atoms with E-state index in [4.69, 9.17) is 4.74 Å². The second kappa shape index (κ2) is 8.63. The van der Waals surface area contributed by atoms with Crippen LogP contribution in [0, 0.1) is 6.92 Å². The zero-order valence-corrected chi connectivity index (χ0v) is 15.5. The molecule has 0 spiro atoms. The number of amides is 2. The van der Waals surface area contributed by atoms with E-state index >= 15 is 0 Å². The minimum atomic E-state index is -0.530. The van der Waals surface area contributed by atoms with Gasteiger partial charge in [0, 0.05) is 25.2 Å². The van der Waals surface area contributed by atoms with Crippen LogP contribution in [0.4, 0.5) is 0 Å². The van der Waals surface area contributed by atoms with Crippen LogP contribution >= 0.6 is 0 Å². The van der Waals surface area contributed by atoms with E-state index in [1.807, 2.05) is 29.2 Å². The summed E-state index contributed by atoms with van der Waals surface area (Å²) in [7, 11) is 1.62. The van der Waals surface area contributed by atoms with Crippen molar-refractivity contribution in [2.45, 2.75) is 32.5 Å². The van der Waals surface area contributed by atoms with Gasteiger partial charge in [0.05, 0.1) is 26.1 Å². The van der Waals surface area contributed by atoms with Crippen LogP contribution in [0.5, 0.6) is 5.75 Å². The van der Waals surface area contributed by atoms with E-state index in [0.717, 1.165) is 11.3 Å². The lowest BCUT2D eigenvalue weighted by molar-refractivity contribution is -0.134. The quantitative estimate of drug-likeness (QED) is 0.637. The highest BCUT2D eigenvalue weighted by atomic mass is 16.5. The van der Waals surface area contributed by atoms with Gasteiger partial charge in [-0.2, -0.15) is 5.10 Å². The van der Waals surface area contributed by atoms with Crippen molar-refractivity contribution < 1.29 is 14.3 Å². The van der Waals surface area contributed by atoms with Gasteiger partial charge in [0.25, 0.3) is 0 Å². The van der Waals surface area contributed by atoms with Crippen LogP contribution in [0.2, 0.25) is 0 Å². The standard InChI is InChI=1S/C18H24N6O3/c1-12-21-16(23-22-12)10-20-17(25)9-14-18(26)19-7-8-24(14)11-13-5-3-4-6-15(13)27-2/h3-6,14H,7-11H2,1-2H3,(H,19,26)(H,20,25)(H,21,22,23)/t14-/m0/s1. The van der Waals surface area contributed by atoms with Gasteiger partial charge in [-0.1, -0.05) is 18.2 Å². The Bertz CT molecular complexity index is 806. The number of rotatable bonds is 7. The van der Waals surface area contributed by atoms with Gasteiger partial charge in [0.1, 0.15) is 11.6 Å². The van der Waals surface area contributed by atoms with Crippen LogP contribution in [-0.2, 0) is 22.7 Å². The number of carbonyl (C=O) groups excluding carboxylic acids is 2. The van der Waals surface area contributed by atoms with Crippen LogP contribution in [0.1, 0.15) is 23.6 Å². The fourth-order valence-electron chi connectivity index (χ4n) is 3.12. The summed E-state index contributed by atoms with van der Waals surface area (Å²) in [6, 6.07) is 7.16. The average Bonchev–Trinajstić information content (AvgIpc) is 3.08. The minimum absolute atomic E-state index is 0.0738. The summed E-state index contributed by atoms with van der Waals surface area (Å²) in [5.41, 5.74) is 0.983. The Morgan fingerprint density at radius 3 is 2.96 bits per heavy atom. The number of nitrogens with one attached hydrogen (secondary N) is 3. The molecule has 0 unspecified atom stereocenters. The third-order valence-corrected chi connectivity index (χ3v) is 4.47. The maximum atomic E-state index is 12.4. The Balaban J connectivity index is 1.63. The SMILES string of the molecule is COc1ccccc1CN1CCNC(=O)[C@@H]1CC(=O)NCc1n[nH]c(C)n1. The number of aromatic amines is 1. The van der Waals surface area contributed by atoms with Gasteiger partial charge in [-0.05, 0) is 13.0 Å². The van der Waals surface area contributed by atoms with Gasteiger partial charge in [-0.25, -0.2) is 4.98 Å². The topological polar surface area (TPSA) is 112 Å². The molecule has 1 aliphatic heterocycles. The number of ether oxygens (including phenoxy) is 1. The van der Waals surface area contributed by atoms with Crippen molar-refractivity contribution in [3.8, 4) is 5.75 Å². The molecule has 3 N–H and O–H groups in total. The molecule has 2 aromatic rings. The van der Waals surface area contributed by atoms with Gasteiger partial charge < -0.3 is 15.4 Å². The van der Waals surface area contributed by atoms with E-state index in [1.54, 1.807) is 14.0 Å². The number of methoxy groups -OCH3 is 1. The summed E-state index contributed by atoms with van der Waals surface area (Å²) in [4.78, 5) is 30.9. The number of hydrogen-bond donors (Lipinski definition) is 3. The molecule has 0 aliphatic carbocycles. The Labute approximate surface area is 157 Å². The van der Waals surface area contributed by atoms with E-state index in [0.29, 0.717) is 31.3 Å². The number of para-hydroxylation sites is 1. The van der Waals surface area contributed by atoms with E-state index < -0.39 is 6.04 Å². The minimum Gasteiger partial charge on any atom is -0.496 e. The van der Waals surface area contributed by atoms with E-state index in [1.165, 1.54) is 0 Å². The predicted octanol–water partition coefficient (Wildman–Crippen LogP) is 0.129. The lowest BCUT2D eigenvalue weighted by Gasteiger charge is -2.35. The number of hydrogen-bond acceptors (Lipinski definition) is 6. The van der Waals surface area contributed by atoms with Gasteiger partial charge in [0.15, 0.2) is 5.82 Å². The molecular weight excluding hydrogens is 348 g/mol.